The summed E-state index contributed by atoms with van der Waals surface area (Å²) in [5, 5.41) is -0.0614. The third kappa shape index (κ3) is 4.08. The number of halogens is 1. The van der Waals surface area contributed by atoms with Gasteiger partial charge in [0, 0.05) is 13.1 Å². The SMILES string of the molecule is NC(=S)OC1OCCN(Cc2ccccc2)[C@H]1c1ccc(F)cc1. The number of nitrogens with two attached hydrogens (primary N) is 1. The van der Waals surface area contributed by atoms with Crippen LogP contribution in [0.4, 0.5) is 4.39 Å². The maximum Gasteiger partial charge on any atom is 0.256 e. The summed E-state index contributed by atoms with van der Waals surface area (Å²) in [7, 11) is 0. The van der Waals surface area contributed by atoms with E-state index in [0.717, 1.165) is 18.7 Å². The molecule has 1 aliphatic rings. The summed E-state index contributed by atoms with van der Waals surface area (Å²) >= 11 is 4.87. The molecule has 1 aliphatic heterocycles. The molecule has 6 heteroatoms. The number of hydrogen-bond donors (Lipinski definition) is 1. The average molecular weight is 346 g/mol. The molecule has 1 fully saturated rings. The first-order valence-electron chi connectivity index (χ1n) is 7.74. The quantitative estimate of drug-likeness (QED) is 0.863. The van der Waals surface area contributed by atoms with Gasteiger partial charge in [0.15, 0.2) is 0 Å². The molecule has 0 saturated carbocycles. The lowest BCUT2D eigenvalue weighted by Gasteiger charge is -2.40. The Balaban J connectivity index is 1.89. The third-order valence-corrected chi connectivity index (χ3v) is 4.08. The molecular formula is C18H19FN2O2S. The Morgan fingerprint density at radius 2 is 1.92 bits per heavy atom. The molecule has 2 atom stereocenters. The minimum absolute atomic E-state index is 0.0614. The number of thiocarbonyl (C=S) groups is 1. The van der Waals surface area contributed by atoms with E-state index in [-0.39, 0.29) is 17.0 Å². The van der Waals surface area contributed by atoms with E-state index in [0.29, 0.717) is 6.61 Å². The first-order valence-corrected chi connectivity index (χ1v) is 8.15. The summed E-state index contributed by atoms with van der Waals surface area (Å²) in [6, 6.07) is 16.3. The van der Waals surface area contributed by atoms with Crippen molar-refractivity contribution in [3.05, 3.63) is 71.5 Å². The molecule has 3 rings (SSSR count). The summed E-state index contributed by atoms with van der Waals surface area (Å²) in [5.41, 5.74) is 7.61. The van der Waals surface area contributed by atoms with Gasteiger partial charge in [0.1, 0.15) is 5.82 Å². The zero-order valence-electron chi connectivity index (χ0n) is 13.1. The zero-order valence-corrected chi connectivity index (χ0v) is 13.9. The molecule has 0 aliphatic carbocycles. The minimum atomic E-state index is -0.620. The summed E-state index contributed by atoms with van der Waals surface area (Å²) in [6.07, 6.45) is -0.620. The van der Waals surface area contributed by atoms with Crippen LogP contribution >= 0.6 is 12.2 Å². The minimum Gasteiger partial charge on any atom is -0.439 e. The summed E-state index contributed by atoms with van der Waals surface area (Å²) in [4.78, 5) is 2.23. The highest BCUT2D eigenvalue weighted by atomic mass is 32.1. The van der Waals surface area contributed by atoms with E-state index in [1.54, 1.807) is 12.1 Å². The Kier molecular flexibility index (Phi) is 5.40. The lowest BCUT2D eigenvalue weighted by atomic mass is 10.0. The Labute approximate surface area is 146 Å². The van der Waals surface area contributed by atoms with Crippen molar-refractivity contribution < 1.29 is 13.9 Å². The van der Waals surface area contributed by atoms with Gasteiger partial charge >= 0.3 is 0 Å². The van der Waals surface area contributed by atoms with E-state index in [2.05, 4.69) is 17.0 Å². The van der Waals surface area contributed by atoms with E-state index >= 15 is 0 Å². The highest BCUT2D eigenvalue weighted by Gasteiger charge is 2.35. The lowest BCUT2D eigenvalue weighted by Crippen LogP contribution is -2.47. The third-order valence-electron chi connectivity index (χ3n) is 3.98. The number of ether oxygens (including phenoxy) is 2. The van der Waals surface area contributed by atoms with E-state index in [9.17, 15) is 4.39 Å². The molecule has 1 unspecified atom stereocenters. The lowest BCUT2D eigenvalue weighted by molar-refractivity contribution is -0.175. The fourth-order valence-electron chi connectivity index (χ4n) is 2.92. The van der Waals surface area contributed by atoms with Gasteiger partial charge in [0.05, 0.1) is 12.6 Å². The Morgan fingerprint density at radius 3 is 2.58 bits per heavy atom. The van der Waals surface area contributed by atoms with Crippen LogP contribution in [0.15, 0.2) is 54.6 Å². The van der Waals surface area contributed by atoms with Gasteiger partial charge < -0.3 is 15.2 Å². The number of nitrogens with zero attached hydrogens (tertiary/aromatic N) is 1. The smallest absolute Gasteiger partial charge is 0.256 e. The van der Waals surface area contributed by atoms with Crippen LogP contribution in [0.5, 0.6) is 0 Å². The monoisotopic (exact) mass is 346 g/mol. The topological polar surface area (TPSA) is 47.7 Å². The molecule has 0 spiro atoms. The molecule has 1 heterocycles. The molecule has 24 heavy (non-hydrogen) atoms. The van der Waals surface area contributed by atoms with E-state index in [1.807, 2.05) is 18.2 Å². The van der Waals surface area contributed by atoms with Gasteiger partial charge in [0.25, 0.3) is 5.17 Å². The molecule has 2 aromatic rings. The number of benzene rings is 2. The van der Waals surface area contributed by atoms with Gasteiger partial charge in [-0.3, -0.25) is 4.90 Å². The zero-order chi connectivity index (χ0) is 16.9. The second kappa shape index (κ2) is 7.70. The summed E-state index contributed by atoms with van der Waals surface area (Å²) in [6.45, 7) is 1.97. The standard InChI is InChI=1S/C18H19FN2O2S/c19-15-8-6-14(7-9-15)16-17(23-18(20)24)22-11-10-21(16)12-13-4-2-1-3-5-13/h1-9,16-17H,10-12H2,(H2,20,24)/t16-,17?/m0/s1. The van der Waals surface area contributed by atoms with Gasteiger partial charge in [-0.05, 0) is 35.5 Å². The Morgan fingerprint density at radius 1 is 1.21 bits per heavy atom. The van der Waals surface area contributed by atoms with E-state index < -0.39 is 6.29 Å². The van der Waals surface area contributed by atoms with Crippen LogP contribution in [0.25, 0.3) is 0 Å². The molecule has 1 saturated heterocycles. The van der Waals surface area contributed by atoms with Crippen LogP contribution in [0, 0.1) is 5.82 Å². The second-order valence-electron chi connectivity index (χ2n) is 5.63. The van der Waals surface area contributed by atoms with Crippen LogP contribution in [0.2, 0.25) is 0 Å². The van der Waals surface area contributed by atoms with Gasteiger partial charge in [-0.15, -0.1) is 0 Å². The van der Waals surface area contributed by atoms with Crippen LogP contribution in [0.3, 0.4) is 0 Å². The van der Waals surface area contributed by atoms with Crippen molar-refractivity contribution in [2.24, 2.45) is 5.73 Å². The Hall–Kier alpha value is -2.02. The molecule has 0 bridgehead atoms. The van der Waals surface area contributed by atoms with Crippen molar-refractivity contribution >= 4 is 17.4 Å². The maximum atomic E-state index is 13.3. The molecule has 2 aromatic carbocycles. The first kappa shape index (κ1) is 16.8. The molecule has 126 valence electrons. The van der Waals surface area contributed by atoms with E-state index in [1.165, 1.54) is 17.7 Å². The molecule has 0 aromatic heterocycles. The summed E-state index contributed by atoms with van der Waals surface area (Å²) < 4.78 is 24.5. The molecular weight excluding hydrogens is 327 g/mol. The van der Waals surface area contributed by atoms with Gasteiger partial charge in [-0.1, -0.05) is 42.5 Å². The molecule has 2 N–H and O–H groups in total. The molecule has 0 radical (unpaired) electrons. The largest absolute Gasteiger partial charge is 0.439 e. The van der Waals surface area contributed by atoms with Crippen LogP contribution in [-0.2, 0) is 16.0 Å². The number of rotatable bonds is 4. The number of morpholine rings is 1. The van der Waals surface area contributed by atoms with Crippen molar-refractivity contribution in [1.29, 1.82) is 0 Å². The molecule has 0 amide bonds. The molecule has 4 nitrogen and oxygen atoms in total. The van der Waals surface area contributed by atoms with Gasteiger partial charge in [0.2, 0.25) is 6.29 Å². The van der Waals surface area contributed by atoms with Crippen molar-refractivity contribution in [2.45, 2.75) is 18.9 Å². The van der Waals surface area contributed by atoms with Gasteiger partial charge in [-0.25, -0.2) is 4.39 Å². The van der Waals surface area contributed by atoms with Crippen LogP contribution < -0.4 is 5.73 Å². The van der Waals surface area contributed by atoms with Crippen LogP contribution in [-0.4, -0.2) is 29.5 Å². The van der Waals surface area contributed by atoms with Crippen LogP contribution in [0.1, 0.15) is 17.2 Å². The highest BCUT2D eigenvalue weighted by molar-refractivity contribution is 7.80. The summed E-state index contributed by atoms with van der Waals surface area (Å²) in [5.74, 6) is -0.281. The fraction of sp³-hybridized carbons (Fsp3) is 0.278. The van der Waals surface area contributed by atoms with Crippen molar-refractivity contribution in [3.8, 4) is 0 Å². The fourth-order valence-corrected chi connectivity index (χ4v) is 3.02. The van der Waals surface area contributed by atoms with Crippen molar-refractivity contribution in [1.82, 2.24) is 4.90 Å². The van der Waals surface area contributed by atoms with Crippen molar-refractivity contribution in [2.75, 3.05) is 13.2 Å². The predicted molar refractivity (Wildman–Crippen MR) is 93.6 cm³/mol. The second-order valence-corrected chi connectivity index (χ2v) is 6.03. The maximum absolute atomic E-state index is 13.3. The van der Waals surface area contributed by atoms with E-state index in [4.69, 9.17) is 27.4 Å². The predicted octanol–water partition coefficient (Wildman–Crippen LogP) is 2.99. The average Bonchev–Trinajstić information content (AvgIpc) is 2.57. The van der Waals surface area contributed by atoms with Gasteiger partial charge in [-0.2, -0.15) is 0 Å². The number of hydrogen-bond acceptors (Lipinski definition) is 4. The highest BCUT2D eigenvalue weighted by Crippen LogP contribution is 2.31. The normalized spacial score (nSPS) is 21.4. The van der Waals surface area contributed by atoms with Crippen molar-refractivity contribution in [3.63, 3.8) is 0 Å². The first-order chi connectivity index (χ1) is 11.6. The Bertz CT molecular complexity index is 681.